The molecule has 0 spiro atoms. The quantitative estimate of drug-likeness (QED) is 0.664. The van der Waals surface area contributed by atoms with Crippen LogP contribution in [0.5, 0.6) is 6.01 Å². The average Bonchev–Trinajstić information content (AvgIpc) is 3.51. The minimum Gasteiger partial charge on any atom is -0.458 e. The zero-order valence-corrected chi connectivity index (χ0v) is 16.2. The van der Waals surface area contributed by atoms with Crippen molar-refractivity contribution in [3.05, 3.63) is 60.2 Å². The molecule has 2 aromatic heterocycles. The normalized spacial score (nSPS) is 22.8. The fourth-order valence-corrected chi connectivity index (χ4v) is 4.37. The Hall–Kier alpha value is -3.29. The van der Waals surface area contributed by atoms with Crippen molar-refractivity contribution in [2.45, 2.75) is 38.3 Å². The van der Waals surface area contributed by atoms with E-state index >= 15 is 0 Å². The molecule has 1 saturated heterocycles. The van der Waals surface area contributed by atoms with Crippen molar-refractivity contribution in [1.29, 1.82) is 0 Å². The number of hydrogen-bond acceptors (Lipinski definition) is 6. The molecule has 1 aliphatic heterocycles. The van der Waals surface area contributed by atoms with Crippen molar-refractivity contribution in [3.8, 4) is 11.7 Å². The lowest BCUT2D eigenvalue weighted by Crippen LogP contribution is -2.47. The van der Waals surface area contributed by atoms with Crippen molar-refractivity contribution < 1.29 is 9.53 Å². The molecule has 1 aromatic carbocycles. The zero-order chi connectivity index (χ0) is 19.8. The number of rotatable bonds is 5. The van der Waals surface area contributed by atoms with Crippen LogP contribution >= 0.6 is 0 Å². The molecule has 0 N–H and O–H groups in total. The Morgan fingerprint density at radius 2 is 1.90 bits per heavy atom. The van der Waals surface area contributed by atoms with Gasteiger partial charge in [0.2, 0.25) is 0 Å². The Balaban J connectivity index is 1.37. The number of ether oxygens (including phenoxy) is 1. The summed E-state index contributed by atoms with van der Waals surface area (Å²) in [5, 5.41) is 8.37. The molecule has 3 heterocycles. The molecule has 2 bridgehead atoms. The van der Waals surface area contributed by atoms with Gasteiger partial charge in [-0.1, -0.05) is 19.1 Å². The molecule has 0 unspecified atom stereocenters. The van der Waals surface area contributed by atoms with Crippen LogP contribution in [-0.2, 0) is 6.42 Å². The minimum atomic E-state index is -0.0832. The van der Waals surface area contributed by atoms with Gasteiger partial charge in [0.05, 0.1) is 29.7 Å². The van der Waals surface area contributed by atoms with Crippen LogP contribution in [0, 0.1) is 5.92 Å². The number of carbonyl (C=O) groups excluding carboxylic acids is 1. The maximum atomic E-state index is 13.4. The van der Waals surface area contributed by atoms with Gasteiger partial charge in [-0.05, 0) is 42.9 Å². The highest BCUT2D eigenvalue weighted by molar-refractivity contribution is 5.98. The first-order chi connectivity index (χ1) is 14.2. The van der Waals surface area contributed by atoms with Crippen LogP contribution in [0.3, 0.4) is 0 Å². The van der Waals surface area contributed by atoms with E-state index in [2.05, 4.69) is 27.1 Å². The lowest BCUT2D eigenvalue weighted by molar-refractivity contribution is 0.0452. The molecule has 1 saturated carbocycles. The Bertz CT molecular complexity index is 1000. The standard InChI is InChI=1S/C21H22N6O2/c1-2-14-11-22-21(23-12-14)29-19-10-15-9-18(19)26(13-15)20(28)16-5-3-4-6-17(16)27-24-7-8-25-27/h3-8,11-12,15,18-19H,2,9-10,13H2,1H3/t15-,18+,19-/m1/s1. The number of para-hydroxylation sites is 1. The van der Waals surface area contributed by atoms with Gasteiger partial charge in [-0.15, -0.1) is 0 Å². The van der Waals surface area contributed by atoms with Crippen LogP contribution in [-0.4, -0.2) is 54.5 Å². The fourth-order valence-electron chi connectivity index (χ4n) is 4.37. The van der Waals surface area contributed by atoms with Crippen molar-refractivity contribution in [1.82, 2.24) is 29.9 Å². The highest BCUT2D eigenvalue weighted by Crippen LogP contribution is 2.40. The monoisotopic (exact) mass is 390 g/mol. The average molecular weight is 390 g/mol. The maximum Gasteiger partial charge on any atom is 0.316 e. The molecule has 3 atom stereocenters. The number of amides is 1. The molecule has 2 fully saturated rings. The Labute approximate surface area is 168 Å². The van der Waals surface area contributed by atoms with E-state index in [0.717, 1.165) is 31.4 Å². The predicted molar refractivity (Wildman–Crippen MR) is 105 cm³/mol. The smallest absolute Gasteiger partial charge is 0.316 e. The molecule has 0 radical (unpaired) electrons. The lowest BCUT2D eigenvalue weighted by Gasteiger charge is -2.33. The van der Waals surface area contributed by atoms with E-state index in [1.165, 1.54) is 4.80 Å². The molecule has 8 heteroatoms. The van der Waals surface area contributed by atoms with Gasteiger partial charge in [0.1, 0.15) is 6.10 Å². The first-order valence-electron chi connectivity index (χ1n) is 9.97. The van der Waals surface area contributed by atoms with Crippen LogP contribution < -0.4 is 4.74 Å². The number of likely N-dealkylation sites (tertiary alicyclic amines) is 1. The van der Waals surface area contributed by atoms with Gasteiger partial charge in [0.25, 0.3) is 5.91 Å². The third-order valence-electron chi connectivity index (χ3n) is 5.80. The van der Waals surface area contributed by atoms with Crippen LogP contribution in [0.25, 0.3) is 5.69 Å². The summed E-state index contributed by atoms with van der Waals surface area (Å²) in [6, 6.07) is 7.85. The number of fused-ring (bicyclic) bond motifs is 2. The summed E-state index contributed by atoms with van der Waals surface area (Å²) in [6.07, 6.45) is 9.49. The van der Waals surface area contributed by atoms with E-state index in [0.29, 0.717) is 23.2 Å². The van der Waals surface area contributed by atoms with E-state index in [1.807, 2.05) is 29.2 Å². The molecule has 1 aliphatic carbocycles. The van der Waals surface area contributed by atoms with Gasteiger partial charge in [-0.2, -0.15) is 15.0 Å². The zero-order valence-electron chi connectivity index (χ0n) is 16.2. The molecule has 3 aromatic rings. The van der Waals surface area contributed by atoms with Crippen LogP contribution in [0.15, 0.2) is 49.1 Å². The molecule has 2 aliphatic rings. The fraction of sp³-hybridized carbons (Fsp3) is 0.381. The minimum absolute atomic E-state index is 0.0130. The number of piperidine rings is 1. The summed E-state index contributed by atoms with van der Waals surface area (Å²) in [6.45, 7) is 2.81. The number of nitrogens with zero attached hydrogens (tertiary/aromatic N) is 6. The SMILES string of the molecule is CCc1cnc(O[C@@H]2C[C@H]3C[C@@H]2N(C(=O)c2ccccc2-n2nccn2)C3)nc1. The Morgan fingerprint density at radius 1 is 1.14 bits per heavy atom. The number of aryl methyl sites for hydroxylation is 1. The van der Waals surface area contributed by atoms with E-state index < -0.39 is 0 Å². The van der Waals surface area contributed by atoms with Crippen molar-refractivity contribution in [2.24, 2.45) is 5.92 Å². The molecule has 8 nitrogen and oxygen atoms in total. The highest BCUT2D eigenvalue weighted by atomic mass is 16.5. The Morgan fingerprint density at radius 3 is 2.62 bits per heavy atom. The largest absolute Gasteiger partial charge is 0.458 e. The predicted octanol–water partition coefficient (Wildman–Crippen LogP) is 2.30. The third-order valence-corrected chi connectivity index (χ3v) is 5.80. The Kier molecular flexibility index (Phi) is 4.46. The molecular weight excluding hydrogens is 368 g/mol. The van der Waals surface area contributed by atoms with Crippen molar-refractivity contribution in [2.75, 3.05) is 6.54 Å². The van der Waals surface area contributed by atoms with Crippen LogP contribution in [0.2, 0.25) is 0 Å². The second-order valence-corrected chi connectivity index (χ2v) is 7.58. The van der Waals surface area contributed by atoms with Crippen LogP contribution in [0.1, 0.15) is 35.7 Å². The first kappa shape index (κ1) is 17.8. The molecule has 5 rings (SSSR count). The number of carbonyl (C=O) groups is 1. The summed E-state index contributed by atoms with van der Waals surface area (Å²) in [4.78, 5) is 25.5. The summed E-state index contributed by atoms with van der Waals surface area (Å²) in [7, 11) is 0. The second kappa shape index (κ2) is 7.27. The van der Waals surface area contributed by atoms with E-state index in [1.54, 1.807) is 24.8 Å². The molecule has 29 heavy (non-hydrogen) atoms. The van der Waals surface area contributed by atoms with E-state index in [9.17, 15) is 4.79 Å². The summed E-state index contributed by atoms with van der Waals surface area (Å²) in [5.74, 6) is 0.430. The number of aromatic nitrogens is 5. The van der Waals surface area contributed by atoms with Gasteiger partial charge in [0, 0.05) is 18.9 Å². The molecule has 148 valence electrons. The summed E-state index contributed by atoms with van der Waals surface area (Å²) < 4.78 is 6.08. The van der Waals surface area contributed by atoms with Crippen LogP contribution in [0.4, 0.5) is 0 Å². The lowest BCUT2D eigenvalue weighted by atomic mass is 10.1. The maximum absolute atomic E-state index is 13.4. The molecular formula is C21H22N6O2. The van der Waals surface area contributed by atoms with Crippen molar-refractivity contribution >= 4 is 5.91 Å². The number of benzene rings is 1. The van der Waals surface area contributed by atoms with Gasteiger partial charge in [0.15, 0.2) is 0 Å². The van der Waals surface area contributed by atoms with Crippen molar-refractivity contribution in [3.63, 3.8) is 0 Å². The van der Waals surface area contributed by atoms with Gasteiger partial charge in [-0.25, -0.2) is 9.97 Å². The van der Waals surface area contributed by atoms with E-state index in [4.69, 9.17) is 4.74 Å². The third kappa shape index (κ3) is 3.24. The van der Waals surface area contributed by atoms with E-state index in [-0.39, 0.29) is 18.1 Å². The van der Waals surface area contributed by atoms with Gasteiger partial charge in [-0.3, -0.25) is 4.79 Å². The highest BCUT2D eigenvalue weighted by Gasteiger charge is 2.48. The first-order valence-corrected chi connectivity index (χ1v) is 9.97. The number of hydrogen-bond donors (Lipinski definition) is 0. The van der Waals surface area contributed by atoms with Gasteiger partial charge < -0.3 is 9.64 Å². The molecule has 1 amide bonds. The summed E-state index contributed by atoms with van der Waals surface area (Å²) >= 11 is 0. The van der Waals surface area contributed by atoms with Gasteiger partial charge >= 0.3 is 6.01 Å². The summed E-state index contributed by atoms with van der Waals surface area (Å²) in [5.41, 5.74) is 2.35. The second-order valence-electron chi connectivity index (χ2n) is 7.58. The topological polar surface area (TPSA) is 86.0 Å².